The molecular weight excluding hydrogens is 254 g/mol. The summed E-state index contributed by atoms with van der Waals surface area (Å²) in [7, 11) is 1.67. The van der Waals surface area contributed by atoms with Crippen LogP contribution in [0.2, 0.25) is 0 Å². The second-order valence-corrected chi connectivity index (χ2v) is 5.60. The fraction of sp³-hybridized carbons (Fsp3) is 0.182. The van der Waals surface area contributed by atoms with Crippen molar-refractivity contribution in [3.63, 3.8) is 0 Å². The van der Waals surface area contributed by atoms with Gasteiger partial charge in [0.25, 0.3) is 0 Å². The average Bonchev–Trinajstić information content (AvgIpc) is 2.88. The van der Waals surface area contributed by atoms with Crippen molar-refractivity contribution in [2.75, 3.05) is 7.11 Å². The summed E-state index contributed by atoms with van der Waals surface area (Å²) in [5.74, 6) is 0.865. The van der Waals surface area contributed by atoms with E-state index in [-0.39, 0.29) is 5.37 Å². The van der Waals surface area contributed by atoms with Crippen molar-refractivity contribution < 1.29 is 4.74 Å². The molecule has 0 aromatic heterocycles. The Morgan fingerprint density at radius 2 is 2.12 bits per heavy atom. The molecule has 0 saturated heterocycles. The van der Waals surface area contributed by atoms with Crippen molar-refractivity contribution in [1.82, 2.24) is 5.01 Å². The minimum atomic E-state index is 0.185. The lowest BCUT2D eigenvalue weighted by atomic mass is 10.2. The standard InChI is InChI=1S/C11H11N3OS2/c1-15-8-4-2-7(3-5-8)10-14-9(6-16-10)17-11(12)13-14/h2-6,10H,1H3,(H2,12,13)/t10-/m0/s1. The van der Waals surface area contributed by atoms with Crippen molar-refractivity contribution >= 4 is 28.7 Å². The largest absolute Gasteiger partial charge is 0.497 e. The number of hydrogen-bond acceptors (Lipinski definition) is 6. The molecule has 0 amide bonds. The maximum absolute atomic E-state index is 5.71. The van der Waals surface area contributed by atoms with E-state index in [1.807, 2.05) is 17.1 Å². The Morgan fingerprint density at radius 1 is 1.35 bits per heavy atom. The van der Waals surface area contributed by atoms with Gasteiger partial charge in [0.15, 0.2) is 5.17 Å². The highest BCUT2D eigenvalue weighted by Gasteiger charge is 2.33. The fourth-order valence-electron chi connectivity index (χ4n) is 1.74. The van der Waals surface area contributed by atoms with Crippen molar-refractivity contribution in [1.29, 1.82) is 0 Å². The summed E-state index contributed by atoms with van der Waals surface area (Å²) < 4.78 is 5.15. The number of ether oxygens (including phenoxy) is 1. The highest BCUT2D eigenvalue weighted by Crippen LogP contribution is 2.49. The normalized spacial score (nSPS) is 22.2. The minimum absolute atomic E-state index is 0.185. The van der Waals surface area contributed by atoms with E-state index < -0.39 is 0 Å². The number of methoxy groups -OCH3 is 1. The van der Waals surface area contributed by atoms with Gasteiger partial charge in [-0.2, -0.15) is 0 Å². The summed E-state index contributed by atoms with van der Waals surface area (Å²) >= 11 is 3.25. The Kier molecular flexibility index (Phi) is 2.68. The molecule has 1 atom stereocenters. The van der Waals surface area contributed by atoms with Gasteiger partial charge < -0.3 is 10.5 Å². The third-order valence-electron chi connectivity index (χ3n) is 2.56. The number of thioether (sulfide) groups is 2. The maximum atomic E-state index is 5.71. The molecule has 0 spiro atoms. The number of fused-ring (bicyclic) bond motifs is 1. The van der Waals surface area contributed by atoms with Gasteiger partial charge in [-0.1, -0.05) is 23.9 Å². The lowest BCUT2D eigenvalue weighted by molar-refractivity contribution is 0.385. The second-order valence-electron chi connectivity index (χ2n) is 3.60. The number of nitrogens with zero attached hydrogens (tertiary/aromatic N) is 2. The molecular formula is C11H11N3OS2. The first-order chi connectivity index (χ1) is 8.28. The van der Waals surface area contributed by atoms with Crippen LogP contribution >= 0.6 is 23.5 Å². The van der Waals surface area contributed by atoms with Crippen LogP contribution < -0.4 is 10.5 Å². The summed E-state index contributed by atoms with van der Waals surface area (Å²) in [6.45, 7) is 0. The van der Waals surface area contributed by atoms with Crippen LogP contribution in [0.1, 0.15) is 10.9 Å². The molecule has 2 heterocycles. The van der Waals surface area contributed by atoms with Gasteiger partial charge in [0.2, 0.25) is 0 Å². The van der Waals surface area contributed by atoms with Gasteiger partial charge in [-0.3, -0.25) is 0 Å². The number of amidine groups is 1. The molecule has 3 rings (SSSR count). The highest BCUT2D eigenvalue weighted by molar-refractivity contribution is 8.18. The summed E-state index contributed by atoms with van der Waals surface area (Å²) in [5.41, 5.74) is 6.91. The monoisotopic (exact) mass is 265 g/mol. The van der Waals surface area contributed by atoms with Gasteiger partial charge >= 0.3 is 0 Å². The van der Waals surface area contributed by atoms with Gasteiger partial charge in [-0.25, -0.2) is 5.01 Å². The van der Waals surface area contributed by atoms with Crippen LogP contribution in [0.5, 0.6) is 5.75 Å². The quantitative estimate of drug-likeness (QED) is 0.890. The Balaban J connectivity index is 1.85. The van der Waals surface area contributed by atoms with Gasteiger partial charge in [-0.15, -0.1) is 5.10 Å². The minimum Gasteiger partial charge on any atom is -0.497 e. The maximum Gasteiger partial charge on any atom is 0.184 e. The zero-order chi connectivity index (χ0) is 11.8. The molecule has 0 saturated carbocycles. The first kappa shape index (κ1) is 10.9. The fourth-order valence-corrected chi connectivity index (χ4v) is 3.70. The van der Waals surface area contributed by atoms with E-state index in [0.717, 1.165) is 10.8 Å². The molecule has 0 radical (unpaired) electrons. The molecule has 4 nitrogen and oxygen atoms in total. The summed E-state index contributed by atoms with van der Waals surface area (Å²) in [4.78, 5) is 0. The van der Waals surface area contributed by atoms with Crippen LogP contribution in [0.3, 0.4) is 0 Å². The first-order valence-electron chi connectivity index (χ1n) is 5.08. The molecule has 0 unspecified atom stereocenters. The van der Waals surface area contributed by atoms with Crippen LogP contribution in [-0.2, 0) is 0 Å². The van der Waals surface area contributed by atoms with Crippen molar-refractivity contribution in [2.24, 2.45) is 10.8 Å². The number of rotatable bonds is 2. The van der Waals surface area contributed by atoms with Gasteiger partial charge in [0.1, 0.15) is 16.2 Å². The van der Waals surface area contributed by atoms with Crippen LogP contribution in [0.4, 0.5) is 0 Å². The van der Waals surface area contributed by atoms with Crippen LogP contribution in [-0.4, -0.2) is 17.3 Å². The molecule has 1 aromatic rings. The second kappa shape index (κ2) is 4.19. The molecule has 17 heavy (non-hydrogen) atoms. The molecule has 2 N–H and O–H groups in total. The lowest BCUT2D eigenvalue weighted by Gasteiger charge is -2.19. The van der Waals surface area contributed by atoms with Crippen LogP contribution in [0, 0.1) is 0 Å². The smallest absolute Gasteiger partial charge is 0.184 e. The predicted molar refractivity (Wildman–Crippen MR) is 72.5 cm³/mol. The van der Waals surface area contributed by atoms with Crippen molar-refractivity contribution in [3.8, 4) is 5.75 Å². The molecule has 0 aliphatic carbocycles. The zero-order valence-corrected chi connectivity index (χ0v) is 10.8. The first-order valence-corrected chi connectivity index (χ1v) is 6.84. The third-order valence-corrected chi connectivity index (χ3v) is 4.61. The van der Waals surface area contributed by atoms with Crippen LogP contribution in [0.15, 0.2) is 39.8 Å². The predicted octanol–water partition coefficient (Wildman–Crippen LogP) is 2.52. The molecule has 2 aliphatic heterocycles. The number of hydrazone groups is 1. The Labute approximate surface area is 108 Å². The Morgan fingerprint density at radius 3 is 2.82 bits per heavy atom. The number of hydrogen-bond donors (Lipinski definition) is 1. The molecule has 6 heteroatoms. The molecule has 2 aliphatic rings. The zero-order valence-electron chi connectivity index (χ0n) is 9.16. The van der Waals surface area contributed by atoms with Crippen molar-refractivity contribution in [3.05, 3.63) is 40.3 Å². The van der Waals surface area contributed by atoms with Gasteiger partial charge in [-0.05, 0) is 29.5 Å². The summed E-state index contributed by atoms with van der Waals surface area (Å²) in [6, 6.07) is 8.04. The molecule has 88 valence electrons. The summed E-state index contributed by atoms with van der Waals surface area (Å²) in [5, 5.41) is 10.3. The molecule has 0 fully saturated rings. The Hall–Kier alpha value is -1.27. The van der Waals surface area contributed by atoms with E-state index in [9.17, 15) is 0 Å². The molecule has 0 bridgehead atoms. The van der Waals surface area contributed by atoms with E-state index >= 15 is 0 Å². The van der Waals surface area contributed by atoms with Gasteiger partial charge in [0.05, 0.1) is 7.11 Å². The van der Waals surface area contributed by atoms with Crippen LogP contribution in [0.25, 0.3) is 0 Å². The highest BCUT2D eigenvalue weighted by atomic mass is 32.2. The molecule has 1 aromatic carbocycles. The lowest BCUT2D eigenvalue weighted by Crippen LogP contribution is -2.13. The van der Waals surface area contributed by atoms with E-state index in [1.54, 1.807) is 18.9 Å². The third kappa shape index (κ3) is 1.87. The van der Waals surface area contributed by atoms with E-state index in [1.165, 1.54) is 17.3 Å². The van der Waals surface area contributed by atoms with Gasteiger partial charge in [0, 0.05) is 5.41 Å². The Bertz CT molecular complexity index is 498. The topological polar surface area (TPSA) is 50.9 Å². The van der Waals surface area contributed by atoms with E-state index in [2.05, 4.69) is 22.6 Å². The number of benzene rings is 1. The van der Waals surface area contributed by atoms with E-state index in [0.29, 0.717) is 5.17 Å². The van der Waals surface area contributed by atoms with E-state index in [4.69, 9.17) is 10.5 Å². The SMILES string of the molecule is COc1ccc([C@@H]2SC=C3SC(N)=NN32)cc1. The number of nitrogens with two attached hydrogens (primary N) is 1. The van der Waals surface area contributed by atoms with Crippen molar-refractivity contribution in [2.45, 2.75) is 5.37 Å². The summed E-state index contributed by atoms with van der Waals surface area (Å²) in [6.07, 6.45) is 0. The average molecular weight is 265 g/mol.